The molecule has 0 fully saturated rings. The van der Waals surface area contributed by atoms with Crippen LogP contribution in [-0.2, 0) is 0 Å². The van der Waals surface area contributed by atoms with Crippen LogP contribution in [0.5, 0.6) is 0 Å². The van der Waals surface area contributed by atoms with Gasteiger partial charge in [0, 0.05) is 11.1 Å². The Morgan fingerprint density at radius 2 is 2.33 bits per heavy atom. The van der Waals surface area contributed by atoms with E-state index in [1.54, 1.807) is 18.2 Å². The Morgan fingerprint density at radius 3 is 3.06 bits per heavy atom. The number of rotatable bonds is 2. The standard InChI is InChI=1S/C11H8ClN3O2S/c12-7-1-2-8-9(3-7)17-5-6(10(8)16)4-14-15-11(13)18/h1-5H,(H3,13,15,18)/b14-4+. The predicted molar refractivity (Wildman–Crippen MR) is 75.0 cm³/mol. The Morgan fingerprint density at radius 1 is 1.56 bits per heavy atom. The van der Waals surface area contributed by atoms with Crippen LogP contribution >= 0.6 is 23.8 Å². The summed E-state index contributed by atoms with van der Waals surface area (Å²) in [7, 11) is 0. The largest absolute Gasteiger partial charge is 0.463 e. The van der Waals surface area contributed by atoms with Crippen molar-refractivity contribution in [2.24, 2.45) is 10.8 Å². The zero-order valence-corrected chi connectivity index (χ0v) is 10.6. The first-order valence-electron chi connectivity index (χ1n) is 4.87. The second-order valence-electron chi connectivity index (χ2n) is 3.39. The van der Waals surface area contributed by atoms with E-state index in [2.05, 4.69) is 22.7 Å². The fourth-order valence-corrected chi connectivity index (χ4v) is 1.59. The van der Waals surface area contributed by atoms with E-state index in [1.165, 1.54) is 12.5 Å². The van der Waals surface area contributed by atoms with Crippen LogP contribution in [0.1, 0.15) is 5.56 Å². The van der Waals surface area contributed by atoms with Crippen LogP contribution in [0.4, 0.5) is 0 Å². The molecule has 0 saturated heterocycles. The molecule has 18 heavy (non-hydrogen) atoms. The molecule has 0 amide bonds. The van der Waals surface area contributed by atoms with Crippen molar-refractivity contribution in [1.82, 2.24) is 5.43 Å². The Bertz CT molecular complexity index is 696. The third-order valence-corrected chi connectivity index (χ3v) is 2.47. The highest BCUT2D eigenvalue weighted by molar-refractivity contribution is 7.80. The number of thiocarbonyl (C=S) groups is 1. The predicted octanol–water partition coefficient (Wildman–Crippen LogP) is 1.61. The van der Waals surface area contributed by atoms with Gasteiger partial charge in [0.05, 0.1) is 17.2 Å². The number of hydrogen-bond acceptors (Lipinski definition) is 4. The minimum atomic E-state index is -0.207. The maximum absolute atomic E-state index is 12.0. The summed E-state index contributed by atoms with van der Waals surface area (Å²) in [5.41, 5.74) is 8.05. The van der Waals surface area contributed by atoms with Crippen LogP contribution in [0.25, 0.3) is 11.0 Å². The highest BCUT2D eigenvalue weighted by Gasteiger charge is 2.05. The molecule has 0 atom stereocenters. The van der Waals surface area contributed by atoms with Crippen molar-refractivity contribution in [3.63, 3.8) is 0 Å². The summed E-state index contributed by atoms with van der Waals surface area (Å²) in [6.07, 6.45) is 2.59. The molecule has 3 N–H and O–H groups in total. The van der Waals surface area contributed by atoms with Crippen molar-refractivity contribution < 1.29 is 4.42 Å². The lowest BCUT2D eigenvalue weighted by atomic mass is 10.2. The Hall–Kier alpha value is -1.92. The van der Waals surface area contributed by atoms with Gasteiger partial charge in [-0.15, -0.1) is 0 Å². The van der Waals surface area contributed by atoms with E-state index in [1.807, 2.05) is 0 Å². The molecule has 0 radical (unpaired) electrons. The van der Waals surface area contributed by atoms with E-state index in [-0.39, 0.29) is 16.1 Å². The number of nitrogens with zero attached hydrogens (tertiary/aromatic N) is 1. The van der Waals surface area contributed by atoms with Crippen LogP contribution in [0.3, 0.4) is 0 Å². The Kier molecular flexibility index (Phi) is 3.59. The van der Waals surface area contributed by atoms with Gasteiger partial charge in [-0.3, -0.25) is 10.2 Å². The summed E-state index contributed by atoms with van der Waals surface area (Å²) in [6, 6.07) is 4.79. The number of hydrogen-bond donors (Lipinski definition) is 2. The van der Waals surface area contributed by atoms with Crippen molar-refractivity contribution in [2.75, 3.05) is 0 Å². The first kappa shape index (κ1) is 12.5. The van der Waals surface area contributed by atoms with Gasteiger partial charge in [0.2, 0.25) is 5.43 Å². The van der Waals surface area contributed by atoms with Gasteiger partial charge in [-0.25, -0.2) is 0 Å². The van der Waals surface area contributed by atoms with Crippen LogP contribution in [0, 0.1) is 0 Å². The zero-order valence-electron chi connectivity index (χ0n) is 9.01. The number of halogens is 1. The molecule has 0 spiro atoms. The van der Waals surface area contributed by atoms with Gasteiger partial charge in [-0.2, -0.15) is 5.10 Å². The van der Waals surface area contributed by atoms with Crippen molar-refractivity contribution >= 4 is 46.1 Å². The van der Waals surface area contributed by atoms with Gasteiger partial charge in [0.25, 0.3) is 0 Å². The van der Waals surface area contributed by atoms with E-state index in [9.17, 15) is 4.79 Å². The van der Waals surface area contributed by atoms with Crippen LogP contribution in [0.15, 0.2) is 38.8 Å². The summed E-state index contributed by atoms with van der Waals surface area (Å²) >= 11 is 10.4. The van der Waals surface area contributed by atoms with Crippen molar-refractivity contribution in [3.05, 3.63) is 45.3 Å². The Labute approximate surface area is 112 Å². The van der Waals surface area contributed by atoms with Gasteiger partial charge < -0.3 is 10.2 Å². The van der Waals surface area contributed by atoms with Crippen molar-refractivity contribution in [1.29, 1.82) is 0 Å². The second-order valence-corrected chi connectivity index (χ2v) is 4.27. The minimum absolute atomic E-state index is 0.0169. The van der Waals surface area contributed by atoms with Gasteiger partial charge in [-0.05, 0) is 24.4 Å². The molecular weight excluding hydrogens is 274 g/mol. The fraction of sp³-hybridized carbons (Fsp3) is 0. The molecule has 0 aliphatic heterocycles. The molecule has 92 valence electrons. The van der Waals surface area contributed by atoms with Gasteiger partial charge >= 0.3 is 0 Å². The lowest BCUT2D eigenvalue weighted by Crippen LogP contribution is -2.24. The maximum atomic E-state index is 12.0. The van der Waals surface area contributed by atoms with E-state index in [0.29, 0.717) is 16.0 Å². The molecule has 1 aromatic carbocycles. The number of benzene rings is 1. The molecule has 0 aliphatic rings. The number of hydrazone groups is 1. The average Bonchev–Trinajstić information content (AvgIpc) is 2.31. The van der Waals surface area contributed by atoms with Gasteiger partial charge in [-0.1, -0.05) is 11.6 Å². The molecule has 2 aromatic rings. The summed E-state index contributed by atoms with van der Waals surface area (Å²) < 4.78 is 5.29. The minimum Gasteiger partial charge on any atom is -0.463 e. The fourth-order valence-electron chi connectivity index (χ4n) is 1.37. The highest BCUT2D eigenvalue weighted by Crippen LogP contribution is 2.16. The van der Waals surface area contributed by atoms with Crippen LogP contribution < -0.4 is 16.6 Å². The van der Waals surface area contributed by atoms with Crippen LogP contribution in [0.2, 0.25) is 5.02 Å². The Balaban J connectivity index is 2.45. The summed E-state index contributed by atoms with van der Waals surface area (Å²) in [4.78, 5) is 12.0. The molecular formula is C11H8ClN3O2S. The summed E-state index contributed by atoms with van der Waals surface area (Å²) in [6.45, 7) is 0. The normalized spacial score (nSPS) is 10.9. The zero-order chi connectivity index (χ0) is 13.1. The average molecular weight is 282 g/mol. The molecule has 1 heterocycles. The molecule has 0 unspecified atom stereocenters. The lowest BCUT2D eigenvalue weighted by molar-refractivity contribution is 0.601. The third kappa shape index (κ3) is 2.66. The number of nitrogens with one attached hydrogen (secondary N) is 1. The maximum Gasteiger partial charge on any atom is 0.201 e. The lowest BCUT2D eigenvalue weighted by Gasteiger charge is -1.99. The highest BCUT2D eigenvalue weighted by atomic mass is 35.5. The number of nitrogens with two attached hydrogens (primary N) is 1. The summed E-state index contributed by atoms with van der Waals surface area (Å²) in [5.74, 6) is 0. The van der Waals surface area contributed by atoms with E-state index < -0.39 is 0 Å². The van der Waals surface area contributed by atoms with Gasteiger partial charge in [0.15, 0.2) is 5.11 Å². The van der Waals surface area contributed by atoms with E-state index in [0.717, 1.165) is 0 Å². The first-order valence-corrected chi connectivity index (χ1v) is 5.66. The summed E-state index contributed by atoms with van der Waals surface area (Å²) in [5, 5.41) is 4.65. The quantitative estimate of drug-likeness (QED) is 0.497. The molecule has 0 bridgehead atoms. The molecule has 7 heteroatoms. The molecule has 0 saturated carbocycles. The molecule has 5 nitrogen and oxygen atoms in total. The first-order chi connectivity index (χ1) is 8.58. The van der Waals surface area contributed by atoms with Crippen LogP contribution in [-0.4, -0.2) is 11.3 Å². The number of fused-ring (bicyclic) bond motifs is 1. The van der Waals surface area contributed by atoms with E-state index in [4.69, 9.17) is 21.8 Å². The van der Waals surface area contributed by atoms with Crippen molar-refractivity contribution in [3.8, 4) is 0 Å². The van der Waals surface area contributed by atoms with Gasteiger partial charge in [0.1, 0.15) is 11.8 Å². The smallest absolute Gasteiger partial charge is 0.201 e. The molecule has 2 rings (SSSR count). The molecule has 0 aliphatic carbocycles. The second kappa shape index (κ2) is 5.16. The third-order valence-electron chi connectivity index (χ3n) is 2.14. The monoisotopic (exact) mass is 281 g/mol. The topological polar surface area (TPSA) is 80.6 Å². The molecule has 1 aromatic heterocycles. The van der Waals surface area contributed by atoms with E-state index >= 15 is 0 Å². The van der Waals surface area contributed by atoms with Crippen molar-refractivity contribution in [2.45, 2.75) is 0 Å². The SMILES string of the molecule is NC(=S)N/N=C/c1coc2cc(Cl)ccc2c1=O.